The lowest BCUT2D eigenvalue weighted by Gasteiger charge is -2.19. The fourth-order valence-corrected chi connectivity index (χ4v) is 5.38. The maximum atomic E-state index is 13.0. The van der Waals surface area contributed by atoms with Crippen LogP contribution >= 0.6 is 23.5 Å². The first-order valence-corrected chi connectivity index (χ1v) is 14.7. The number of benzene rings is 3. The summed E-state index contributed by atoms with van der Waals surface area (Å²) >= 11 is 3.04. The topological polar surface area (TPSA) is 98.1 Å². The maximum Gasteiger partial charge on any atom is 0.251 e. The van der Waals surface area contributed by atoms with Crippen molar-refractivity contribution in [1.29, 1.82) is 0 Å². The van der Waals surface area contributed by atoms with Gasteiger partial charge in [-0.15, -0.1) is 10.2 Å². The summed E-state index contributed by atoms with van der Waals surface area (Å²) in [4.78, 5) is 25.8. The number of nitrogens with zero attached hydrogens (tertiary/aromatic N) is 3. The normalized spacial score (nSPS) is 11.8. The number of amides is 2. The SMILES string of the molecule is CCn1c(SCC(=O)Nc2cccc3ccccc23)nnc1C(CCSC)NC(=O)c1ccc(OC)cc1. The van der Waals surface area contributed by atoms with Crippen LogP contribution in [0.1, 0.15) is 35.6 Å². The van der Waals surface area contributed by atoms with Gasteiger partial charge in [0, 0.05) is 23.2 Å². The highest BCUT2D eigenvalue weighted by atomic mass is 32.2. The summed E-state index contributed by atoms with van der Waals surface area (Å²) in [6.45, 7) is 2.62. The van der Waals surface area contributed by atoms with Crippen LogP contribution in [0.2, 0.25) is 0 Å². The van der Waals surface area contributed by atoms with Crippen molar-refractivity contribution in [3.63, 3.8) is 0 Å². The molecule has 2 amide bonds. The molecule has 10 heteroatoms. The van der Waals surface area contributed by atoms with Crippen molar-refractivity contribution in [2.24, 2.45) is 0 Å². The van der Waals surface area contributed by atoms with E-state index < -0.39 is 0 Å². The minimum atomic E-state index is -0.316. The molecular weight excluding hydrogens is 518 g/mol. The van der Waals surface area contributed by atoms with Crippen LogP contribution in [0.25, 0.3) is 10.8 Å². The lowest BCUT2D eigenvalue weighted by atomic mass is 10.1. The van der Waals surface area contributed by atoms with Crippen LogP contribution in [0.5, 0.6) is 5.75 Å². The molecule has 1 heterocycles. The van der Waals surface area contributed by atoms with Crippen LogP contribution in [0, 0.1) is 0 Å². The van der Waals surface area contributed by atoms with E-state index in [1.165, 1.54) is 11.8 Å². The quantitative estimate of drug-likeness (QED) is 0.228. The van der Waals surface area contributed by atoms with Crippen LogP contribution in [0.4, 0.5) is 5.69 Å². The number of hydrogen-bond acceptors (Lipinski definition) is 7. The van der Waals surface area contributed by atoms with E-state index in [0.29, 0.717) is 35.3 Å². The third-order valence-electron chi connectivity index (χ3n) is 6.04. The third-order valence-corrected chi connectivity index (χ3v) is 7.65. The molecule has 4 aromatic rings. The zero-order valence-corrected chi connectivity index (χ0v) is 23.3. The van der Waals surface area contributed by atoms with Crippen LogP contribution in [0.3, 0.4) is 0 Å². The van der Waals surface area contributed by atoms with Gasteiger partial charge in [-0.3, -0.25) is 9.59 Å². The molecule has 0 bridgehead atoms. The third kappa shape index (κ3) is 6.68. The minimum absolute atomic E-state index is 0.120. The zero-order valence-electron chi connectivity index (χ0n) is 21.6. The Morgan fingerprint density at radius 3 is 2.53 bits per heavy atom. The smallest absolute Gasteiger partial charge is 0.251 e. The highest BCUT2D eigenvalue weighted by Crippen LogP contribution is 2.26. The maximum absolute atomic E-state index is 13.0. The summed E-state index contributed by atoms with van der Waals surface area (Å²) in [6, 6.07) is 20.5. The number of rotatable bonds is 12. The van der Waals surface area contributed by atoms with E-state index in [0.717, 1.165) is 22.2 Å². The standard InChI is InChI=1S/C28H31N5O3S2/c1-4-33-26(24(16-17-37-3)30-27(35)20-12-14-21(36-2)15-13-20)31-32-28(33)38-18-25(34)29-23-11-7-9-19-8-5-6-10-22(19)23/h5-15,24H,4,16-18H2,1-3H3,(H,29,34)(H,30,35). The number of methoxy groups -OCH3 is 1. The van der Waals surface area contributed by atoms with Gasteiger partial charge in [0.15, 0.2) is 11.0 Å². The second kappa shape index (κ2) is 13.3. The Kier molecular flexibility index (Phi) is 9.67. The molecule has 1 aromatic heterocycles. The molecule has 1 unspecified atom stereocenters. The van der Waals surface area contributed by atoms with E-state index in [4.69, 9.17) is 4.74 Å². The van der Waals surface area contributed by atoms with Crippen molar-refractivity contribution in [3.05, 3.63) is 78.1 Å². The second-order valence-corrected chi connectivity index (χ2v) is 10.4. The number of aromatic nitrogens is 3. The summed E-state index contributed by atoms with van der Waals surface area (Å²) in [6.07, 6.45) is 2.73. The molecule has 0 radical (unpaired) electrons. The van der Waals surface area contributed by atoms with E-state index in [1.54, 1.807) is 43.1 Å². The van der Waals surface area contributed by atoms with Crippen molar-refractivity contribution in [3.8, 4) is 5.75 Å². The first-order chi connectivity index (χ1) is 18.5. The summed E-state index contributed by atoms with van der Waals surface area (Å²) < 4.78 is 7.16. The molecule has 4 rings (SSSR count). The van der Waals surface area contributed by atoms with Gasteiger partial charge in [0.05, 0.1) is 18.9 Å². The Bertz CT molecular complexity index is 1390. The zero-order chi connectivity index (χ0) is 26.9. The summed E-state index contributed by atoms with van der Waals surface area (Å²) in [5.41, 5.74) is 1.33. The predicted molar refractivity (Wildman–Crippen MR) is 155 cm³/mol. The molecule has 0 aliphatic carbocycles. The van der Waals surface area contributed by atoms with Crippen molar-refractivity contribution in [2.45, 2.75) is 31.1 Å². The molecule has 0 spiro atoms. The Balaban J connectivity index is 1.46. The average molecular weight is 550 g/mol. The molecule has 8 nitrogen and oxygen atoms in total. The number of anilines is 1. The molecular formula is C28H31N5O3S2. The summed E-state index contributed by atoms with van der Waals surface area (Å²) in [5.74, 6) is 2.10. The second-order valence-electron chi connectivity index (χ2n) is 8.48. The molecule has 0 saturated carbocycles. The molecule has 1 atom stereocenters. The minimum Gasteiger partial charge on any atom is -0.497 e. The molecule has 0 saturated heterocycles. The van der Waals surface area contributed by atoms with E-state index in [1.807, 2.05) is 60.2 Å². The molecule has 2 N–H and O–H groups in total. The van der Waals surface area contributed by atoms with Crippen LogP contribution < -0.4 is 15.4 Å². The largest absolute Gasteiger partial charge is 0.497 e. The number of ether oxygens (including phenoxy) is 1. The van der Waals surface area contributed by atoms with Crippen molar-refractivity contribution in [1.82, 2.24) is 20.1 Å². The van der Waals surface area contributed by atoms with Crippen molar-refractivity contribution in [2.75, 3.05) is 30.2 Å². The van der Waals surface area contributed by atoms with Gasteiger partial charge in [-0.2, -0.15) is 11.8 Å². The van der Waals surface area contributed by atoms with Crippen LogP contribution in [-0.2, 0) is 11.3 Å². The van der Waals surface area contributed by atoms with E-state index in [-0.39, 0.29) is 23.6 Å². The van der Waals surface area contributed by atoms with Crippen LogP contribution in [0.15, 0.2) is 71.9 Å². The monoisotopic (exact) mass is 549 g/mol. The molecule has 3 aromatic carbocycles. The van der Waals surface area contributed by atoms with E-state index >= 15 is 0 Å². The molecule has 0 aliphatic rings. The Morgan fingerprint density at radius 2 is 1.79 bits per heavy atom. The summed E-state index contributed by atoms with van der Waals surface area (Å²) in [5, 5.41) is 17.6. The summed E-state index contributed by atoms with van der Waals surface area (Å²) in [7, 11) is 1.59. The van der Waals surface area contributed by atoms with E-state index in [9.17, 15) is 9.59 Å². The van der Waals surface area contributed by atoms with Crippen molar-refractivity contribution >= 4 is 51.8 Å². The van der Waals surface area contributed by atoms with Crippen LogP contribution in [-0.4, -0.2) is 51.5 Å². The highest BCUT2D eigenvalue weighted by molar-refractivity contribution is 7.99. The first kappa shape index (κ1) is 27.5. The number of nitrogens with one attached hydrogen (secondary N) is 2. The molecule has 38 heavy (non-hydrogen) atoms. The molecule has 0 aliphatic heterocycles. The lowest BCUT2D eigenvalue weighted by Crippen LogP contribution is -2.31. The van der Waals surface area contributed by atoms with Gasteiger partial charge in [-0.05, 0) is 61.1 Å². The van der Waals surface area contributed by atoms with Gasteiger partial charge in [0.25, 0.3) is 5.91 Å². The fraction of sp³-hybridized carbons (Fsp3) is 0.286. The number of hydrogen-bond donors (Lipinski definition) is 2. The Hall–Kier alpha value is -3.50. The van der Waals surface area contributed by atoms with E-state index in [2.05, 4.69) is 20.8 Å². The van der Waals surface area contributed by atoms with Gasteiger partial charge in [0.1, 0.15) is 5.75 Å². The molecule has 198 valence electrons. The van der Waals surface area contributed by atoms with Gasteiger partial charge < -0.3 is 19.9 Å². The predicted octanol–water partition coefficient (Wildman–Crippen LogP) is 5.41. The van der Waals surface area contributed by atoms with Crippen molar-refractivity contribution < 1.29 is 14.3 Å². The molecule has 0 fully saturated rings. The van der Waals surface area contributed by atoms with Gasteiger partial charge in [-0.1, -0.05) is 48.2 Å². The lowest BCUT2D eigenvalue weighted by molar-refractivity contribution is -0.113. The van der Waals surface area contributed by atoms with Gasteiger partial charge in [0.2, 0.25) is 5.91 Å². The number of fused-ring (bicyclic) bond motifs is 1. The number of thioether (sulfide) groups is 2. The highest BCUT2D eigenvalue weighted by Gasteiger charge is 2.23. The Morgan fingerprint density at radius 1 is 1.03 bits per heavy atom. The van der Waals surface area contributed by atoms with Gasteiger partial charge in [-0.25, -0.2) is 0 Å². The number of carbonyl (C=O) groups excluding carboxylic acids is 2. The first-order valence-electron chi connectivity index (χ1n) is 12.3. The fourth-order valence-electron chi connectivity index (χ4n) is 4.10. The number of carbonyl (C=O) groups is 2. The average Bonchev–Trinajstić information content (AvgIpc) is 3.37. The Labute approximate surface area is 230 Å². The van der Waals surface area contributed by atoms with Gasteiger partial charge >= 0.3 is 0 Å².